The minimum absolute atomic E-state index is 0.0589. The van der Waals surface area contributed by atoms with Gasteiger partial charge in [-0.25, -0.2) is 4.99 Å². The molecule has 0 bridgehead atoms. The van der Waals surface area contributed by atoms with Gasteiger partial charge >= 0.3 is 0 Å². The lowest BCUT2D eigenvalue weighted by Crippen LogP contribution is -2.62. The molecule has 30 heavy (non-hydrogen) atoms. The summed E-state index contributed by atoms with van der Waals surface area (Å²) in [4.78, 5) is 9.24. The van der Waals surface area contributed by atoms with Crippen molar-refractivity contribution in [3.05, 3.63) is 0 Å². The number of rotatable bonds is 5. The summed E-state index contributed by atoms with van der Waals surface area (Å²) in [6.45, 7) is 5.46. The SMILES string of the molecule is C[C@]12CC[C@H](O)C[C@H]1CC[C@@H]1[C@@H]2CC[C@]2(C)[C@@H](/C=N\OCCN=C(N)N)CC[C@]12O. The van der Waals surface area contributed by atoms with E-state index in [2.05, 4.69) is 24.0 Å². The van der Waals surface area contributed by atoms with E-state index >= 15 is 0 Å². The highest BCUT2D eigenvalue weighted by Gasteiger charge is 2.66. The quantitative estimate of drug-likeness (QED) is 0.235. The maximum absolute atomic E-state index is 12.1. The Morgan fingerprint density at radius 3 is 2.63 bits per heavy atom. The first kappa shape index (κ1) is 21.9. The molecule has 0 aliphatic heterocycles. The Kier molecular flexibility index (Phi) is 5.81. The van der Waals surface area contributed by atoms with Gasteiger partial charge in [0.25, 0.3) is 0 Å². The molecule has 4 rings (SSSR count). The summed E-state index contributed by atoms with van der Waals surface area (Å²) in [5.41, 5.74) is 10.1. The van der Waals surface area contributed by atoms with E-state index in [0.29, 0.717) is 30.9 Å². The zero-order valence-electron chi connectivity index (χ0n) is 18.6. The van der Waals surface area contributed by atoms with Crippen LogP contribution in [0.2, 0.25) is 0 Å². The molecule has 0 aromatic rings. The predicted octanol–water partition coefficient (Wildman–Crippen LogP) is 2.40. The average molecular weight is 421 g/mol. The van der Waals surface area contributed by atoms with Crippen molar-refractivity contribution in [2.75, 3.05) is 13.2 Å². The number of aliphatic hydroxyl groups is 2. The summed E-state index contributed by atoms with van der Waals surface area (Å²) in [5.74, 6) is 1.81. The fraction of sp³-hybridized carbons (Fsp3) is 0.913. The number of guanidine groups is 1. The number of aliphatic hydroxyl groups excluding tert-OH is 1. The van der Waals surface area contributed by atoms with Crippen molar-refractivity contribution in [2.45, 2.75) is 83.3 Å². The van der Waals surface area contributed by atoms with Crippen LogP contribution in [-0.4, -0.2) is 47.2 Å². The van der Waals surface area contributed by atoms with Gasteiger partial charge in [-0.05, 0) is 81.0 Å². The number of fused-ring (bicyclic) bond motifs is 5. The van der Waals surface area contributed by atoms with E-state index in [1.165, 1.54) is 6.42 Å². The molecule has 0 radical (unpaired) electrons. The molecule has 0 aromatic carbocycles. The zero-order valence-corrected chi connectivity index (χ0v) is 18.6. The highest BCUT2D eigenvalue weighted by molar-refractivity contribution is 5.75. The van der Waals surface area contributed by atoms with Gasteiger partial charge in [0, 0.05) is 17.5 Å². The third-order valence-electron chi connectivity index (χ3n) is 9.69. The number of aliphatic imine (C=N–C) groups is 1. The molecule has 0 unspecified atom stereocenters. The van der Waals surface area contributed by atoms with E-state index in [9.17, 15) is 10.2 Å². The van der Waals surface area contributed by atoms with Crippen molar-refractivity contribution >= 4 is 12.2 Å². The van der Waals surface area contributed by atoms with Gasteiger partial charge in [-0.1, -0.05) is 19.0 Å². The minimum atomic E-state index is -0.630. The largest absolute Gasteiger partial charge is 0.394 e. The molecule has 0 saturated heterocycles. The molecule has 4 fully saturated rings. The Morgan fingerprint density at radius 1 is 1.07 bits per heavy atom. The average Bonchev–Trinajstić information content (AvgIpc) is 2.96. The van der Waals surface area contributed by atoms with Gasteiger partial charge in [0.15, 0.2) is 5.96 Å². The molecule has 7 nitrogen and oxygen atoms in total. The Bertz CT molecular complexity index is 696. The van der Waals surface area contributed by atoms with Crippen LogP contribution in [0.25, 0.3) is 0 Å². The normalized spacial score (nSPS) is 47.9. The van der Waals surface area contributed by atoms with Crippen LogP contribution in [0.4, 0.5) is 0 Å². The molecule has 0 amide bonds. The summed E-state index contributed by atoms with van der Waals surface area (Å²) in [7, 11) is 0. The van der Waals surface area contributed by atoms with E-state index in [-0.39, 0.29) is 28.8 Å². The molecule has 0 aromatic heterocycles. The third-order valence-corrected chi connectivity index (χ3v) is 9.69. The van der Waals surface area contributed by atoms with Gasteiger partial charge in [0.1, 0.15) is 6.61 Å². The lowest BCUT2D eigenvalue weighted by Gasteiger charge is -2.63. The van der Waals surface area contributed by atoms with Crippen molar-refractivity contribution in [1.29, 1.82) is 0 Å². The molecule has 170 valence electrons. The molecule has 0 spiro atoms. The molecular formula is C23H40N4O3. The first-order valence-corrected chi connectivity index (χ1v) is 11.8. The topological polar surface area (TPSA) is 126 Å². The standard InChI is InChI=1S/C23H40N4O3/c1-21-8-6-17(28)13-15(21)3-4-19-18(21)7-9-22(2)16(5-10-23(19,22)29)14-27-30-12-11-26-20(24)25/h14-19,28-29H,3-13H2,1-2H3,(H4,24,25,26)/b27-14-/t15-,16-,17+,18+,19-,21+,22-,23+/m1/s1. The van der Waals surface area contributed by atoms with E-state index in [1.54, 1.807) is 0 Å². The Morgan fingerprint density at radius 2 is 1.87 bits per heavy atom. The molecule has 0 heterocycles. The van der Waals surface area contributed by atoms with Gasteiger partial charge < -0.3 is 26.5 Å². The Balaban J connectivity index is 1.46. The summed E-state index contributed by atoms with van der Waals surface area (Å²) < 4.78 is 0. The van der Waals surface area contributed by atoms with Crippen LogP contribution in [0.1, 0.15) is 71.6 Å². The van der Waals surface area contributed by atoms with Gasteiger partial charge in [-0.3, -0.25) is 0 Å². The van der Waals surface area contributed by atoms with Crippen LogP contribution < -0.4 is 11.5 Å². The smallest absolute Gasteiger partial charge is 0.186 e. The second-order valence-electron chi connectivity index (χ2n) is 10.8. The molecule has 6 N–H and O–H groups in total. The predicted molar refractivity (Wildman–Crippen MR) is 118 cm³/mol. The van der Waals surface area contributed by atoms with E-state index in [1.807, 2.05) is 6.21 Å². The van der Waals surface area contributed by atoms with Crippen molar-refractivity contribution in [3.8, 4) is 0 Å². The summed E-state index contributed by atoms with van der Waals surface area (Å²) >= 11 is 0. The Labute approximate surface area is 180 Å². The first-order chi connectivity index (χ1) is 14.2. The van der Waals surface area contributed by atoms with Gasteiger partial charge in [-0.15, -0.1) is 0 Å². The van der Waals surface area contributed by atoms with E-state index < -0.39 is 5.60 Å². The van der Waals surface area contributed by atoms with Gasteiger partial charge in [0.2, 0.25) is 0 Å². The summed E-state index contributed by atoms with van der Waals surface area (Å²) in [6.07, 6.45) is 11.0. The van der Waals surface area contributed by atoms with Crippen LogP contribution in [0.15, 0.2) is 10.1 Å². The van der Waals surface area contributed by atoms with E-state index in [4.69, 9.17) is 16.3 Å². The maximum atomic E-state index is 12.1. The first-order valence-electron chi connectivity index (χ1n) is 11.8. The second kappa shape index (κ2) is 7.97. The molecule has 4 aliphatic carbocycles. The van der Waals surface area contributed by atoms with Gasteiger partial charge in [0.05, 0.1) is 18.2 Å². The number of oxime groups is 1. The van der Waals surface area contributed by atoms with Crippen molar-refractivity contribution in [2.24, 2.45) is 56.1 Å². The molecule has 7 heteroatoms. The van der Waals surface area contributed by atoms with Crippen molar-refractivity contribution < 1.29 is 15.1 Å². The van der Waals surface area contributed by atoms with Crippen LogP contribution in [-0.2, 0) is 4.84 Å². The summed E-state index contributed by atoms with van der Waals surface area (Å²) in [5, 5.41) is 26.5. The fourth-order valence-corrected chi connectivity index (χ4v) is 7.87. The van der Waals surface area contributed by atoms with Gasteiger partial charge in [-0.2, -0.15) is 0 Å². The van der Waals surface area contributed by atoms with Crippen molar-refractivity contribution in [3.63, 3.8) is 0 Å². The lowest BCUT2D eigenvalue weighted by atomic mass is 9.43. The fourth-order valence-electron chi connectivity index (χ4n) is 7.87. The second-order valence-corrected chi connectivity index (χ2v) is 10.8. The van der Waals surface area contributed by atoms with Crippen molar-refractivity contribution in [1.82, 2.24) is 0 Å². The molecule has 4 saturated carbocycles. The van der Waals surface area contributed by atoms with Crippen LogP contribution in [0.5, 0.6) is 0 Å². The highest BCUT2D eigenvalue weighted by Crippen LogP contribution is 2.68. The number of nitrogens with zero attached hydrogens (tertiary/aromatic N) is 2. The number of hydrogen-bond donors (Lipinski definition) is 4. The summed E-state index contributed by atoms with van der Waals surface area (Å²) in [6, 6.07) is 0. The molecule has 8 atom stereocenters. The van der Waals surface area contributed by atoms with Crippen LogP contribution >= 0.6 is 0 Å². The van der Waals surface area contributed by atoms with Crippen LogP contribution in [0.3, 0.4) is 0 Å². The maximum Gasteiger partial charge on any atom is 0.186 e. The number of nitrogens with two attached hydrogens (primary N) is 2. The monoisotopic (exact) mass is 420 g/mol. The molecular weight excluding hydrogens is 380 g/mol. The molecule has 4 aliphatic rings. The highest BCUT2D eigenvalue weighted by atomic mass is 16.6. The van der Waals surface area contributed by atoms with E-state index in [0.717, 1.165) is 51.4 Å². The zero-order chi connectivity index (χ0) is 21.6. The minimum Gasteiger partial charge on any atom is -0.394 e. The Hall–Kier alpha value is -1.34. The lowest BCUT2D eigenvalue weighted by molar-refractivity contribution is -0.206. The number of hydrogen-bond acceptors (Lipinski definition) is 5. The third kappa shape index (κ3) is 3.42. The van der Waals surface area contributed by atoms with Crippen LogP contribution in [0, 0.1) is 34.5 Å².